The number of pyridine rings is 1. The summed E-state index contributed by atoms with van der Waals surface area (Å²) < 4.78 is 68.0. The molecule has 47 heavy (non-hydrogen) atoms. The van der Waals surface area contributed by atoms with Gasteiger partial charge >= 0.3 is 6.18 Å². The predicted molar refractivity (Wildman–Crippen MR) is 170 cm³/mol. The van der Waals surface area contributed by atoms with E-state index in [1.165, 1.54) is 22.8 Å². The number of methoxy groups -OCH3 is 1. The predicted octanol–water partition coefficient (Wildman–Crippen LogP) is 5.32. The highest BCUT2D eigenvalue weighted by molar-refractivity contribution is 6.76. The van der Waals surface area contributed by atoms with E-state index >= 15 is 4.39 Å². The van der Waals surface area contributed by atoms with Crippen molar-refractivity contribution >= 4 is 19.9 Å². The van der Waals surface area contributed by atoms with Crippen molar-refractivity contribution in [1.82, 2.24) is 29.9 Å². The SMILES string of the molecule is CCN1CC(NC(=O)C2C[C@H]3CC[C@@H](C2)N3C(=O)c2cc(-c3cc(OC)ncc3F)n(COCC[Si](C)(C)C)n2)CCC1C(F)(F)F. The lowest BCUT2D eigenvalue weighted by atomic mass is 9.88. The van der Waals surface area contributed by atoms with Crippen LogP contribution in [0.25, 0.3) is 11.3 Å². The van der Waals surface area contributed by atoms with Crippen molar-refractivity contribution in [2.24, 2.45) is 5.92 Å². The summed E-state index contributed by atoms with van der Waals surface area (Å²) in [4.78, 5) is 34.5. The van der Waals surface area contributed by atoms with E-state index in [2.05, 4.69) is 35.0 Å². The van der Waals surface area contributed by atoms with Gasteiger partial charge in [0.15, 0.2) is 11.5 Å². The topological polar surface area (TPSA) is 102 Å². The van der Waals surface area contributed by atoms with Crippen molar-refractivity contribution in [3.05, 3.63) is 29.8 Å². The first-order valence-corrected chi connectivity index (χ1v) is 20.2. The number of hydrogen-bond donors (Lipinski definition) is 1. The molecule has 5 atom stereocenters. The smallest absolute Gasteiger partial charge is 0.404 e. The number of piperidine rings is 2. The van der Waals surface area contributed by atoms with Crippen LogP contribution in [0, 0.1) is 11.7 Å². The average molecular weight is 683 g/mol. The van der Waals surface area contributed by atoms with E-state index in [0.29, 0.717) is 25.1 Å². The van der Waals surface area contributed by atoms with Crippen molar-refractivity contribution < 1.29 is 36.6 Å². The number of ether oxygens (including phenoxy) is 2. The molecule has 0 aromatic carbocycles. The monoisotopic (exact) mass is 682 g/mol. The van der Waals surface area contributed by atoms with E-state index in [0.717, 1.165) is 25.1 Å². The minimum atomic E-state index is -4.29. The Morgan fingerprint density at radius 3 is 2.40 bits per heavy atom. The number of carbonyl (C=O) groups excluding carboxylic acids is 2. The van der Waals surface area contributed by atoms with Gasteiger partial charge < -0.3 is 19.7 Å². The van der Waals surface area contributed by atoms with Gasteiger partial charge in [0.2, 0.25) is 11.8 Å². The fourth-order valence-corrected chi connectivity index (χ4v) is 7.91. The molecule has 0 saturated carbocycles. The third-order valence-corrected chi connectivity index (χ3v) is 11.4. The van der Waals surface area contributed by atoms with E-state index in [1.54, 1.807) is 13.0 Å². The summed E-state index contributed by atoms with van der Waals surface area (Å²) in [5.41, 5.74) is 0.703. The molecule has 3 fully saturated rings. The molecule has 260 valence electrons. The van der Waals surface area contributed by atoms with Gasteiger partial charge in [0.25, 0.3) is 5.91 Å². The molecule has 2 bridgehead atoms. The Morgan fingerprint density at radius 2 is 1.79 bits per heavy atom. The average Bonchev–Trinajstić information content (AvgIpc) is 3.55. The van der Waals surface area contributed by atoms with Crippen molar-refractivity contribution in [2.75, 3.05) is 26.8 Å². The molecular weight excluding hydrogens is 636 g/mol. The molecule has 10 nitrogen and oxygen atoms in total. The molecule has 2 amide bonds. The molecule has 3 unspecified atom stereocenters. The fourth-order valence-electron chi connectivity index (χ4n) is 7.15. The first kappa shape index (κ1) is 35.3. The Labute approximate surface area is 274 Å². The summed E-state index contributed by atoms with van der Waals surface area (Å²) in [7, 11) is 0.0870. The zero-order valence-electron chi connectivity index (χ0n) is 27.8. The maximum atomic E-state index is 15.0. The molecule has 3 saturated heterocycles. The number of alkyl halides is 3. The van der Waals surface area contributed by atoms with Gasteiger partial charge in [0.05, 0.1) is 19.0 Å². The van der Waals surface area contributed by atoms with Crippen molar-refractivity contribution in [3.8, 4) is 17.1 Å². The number of aromatic nitrogens is 3. The molecule has 2 aromatic rings. The molecule has 3 aliphatic heterocycles. The maximum Gasteiger partial charge on any atom is 0.404 e. The standard InChI is InChI=1S/C32H46F4N6O4Si/c1-6-40-18-21(7-10-28(40)32(34,35)36)38-30(43)20-13-22-8-9-23(14-20)42(22)31(44)26-16-27(24-15-29(45-2)37-17-25(24)33)41(39-26)19-46-11-12-47(3,4)5/h15-17,20-23,28H,6-14,18-19H2,1-5H3,(H,38,43)/t20?,21?,22-,23+,28?. The zero-order chi connectivity index (χ0) is 34.1. The number of carbonyl (C=O) groups is 2. The minimum absolute atomic E-state index is 0.0343. The van der Waals surface area contributed by atoms with Crippen LogP contribution in [0.1, 0.15) is 55.9 Å². The first-order valence-electron chi connectivity index (χ1n) is 16.5. The van der Waals surface area contributed by atoms with Crippen molar-refractivity contribution in [2.45, 2.75) is 108 Å². The molecule has 5 rings (SSSR count). The van der Waals surface area contributed by atoms with Crippen LogP contribution in [0.4, 0.5) is 17.6 Å². The Kier molecular flexibility index (Phi) is 10.7. The largest absolute Gasteiger partial charge is 0.481 e. The summed E-state index contributed by atoms with van der Waals surface area (Å²) in [6, 6.07) is 1.78. The summed E-state index contributed by atoms with van der Waals surface area (Å²) >= 11 is 0. The Balaban J connectivity index is 1.28. The molecular formula is C32H46F4N6O4Si. The molecule has 1 N–H and O–H groups in total. The van der Waals surface area contributed by atoms with Crippen LogP contribution in [-0.4, -0.2) is 102 Å². The molecule has 15 heteroatoms. The fraction of sp³-hybridized carbons (Fsp3) is 0.688. The van der Waals surface area contributed by atoms with Gasteiger partial charge in [-0.25, -0.2) is 14.1 Å². The van der Waals surface area contributed by atoms with Crippen LogP contribution in [-0.2, 0) is 16.3 Å². The van der Waals surface area contributed by atoms with Gasteiger partial charge in [0, 0.05) is 56.9 Å². The summed E-state index contributed by atoms with van der Waals surface area (Å²) in [6.45, 7) is 9.40. The van der Waals surface area contributed by atoms with Gasteiger partial charge in [-0.05, 0) is 57.2 Å². The third kappa shape index (κ3) is 8.16. The Morgan fingerprint density at radius 1 is 1.09 bits per heavy atom. The number of amides is 2. The number of rotatable bonds is 11. The van der Waals surface area contributed by atoms with E-state index in [4.69, 9.17) is 9.47 Å². The van der Waals surface area contributed by atoms with Crippen LogP contribution in [0.5, 0.6) is 5.88 Å². The second-order valence-electron chi connectivity index (χ2n) is 14.2. The summed E-state index contributed by atoms with van der Waals surface area (Å²) in [6.07, 6.45) is -0.590. The minimum Gasteiger partial charge on any atom is -0.481 e. The number of nitrogens with zero attached hydrogens (tertiary/aromatic N) is 5. The molecule has 3 aliphatic rings. The summed E-state index contributed by atoms with van der Waals surface area (Å²) in [5.74, 6) is -1.16. The normalized spacial score (nSPS) is 25.2. The van der Waals surface area contributed by atoms with Crippen molar-refractivity contribution in [3.63, 3.8) is 0 Å². The summed E-state index contributed by atoms with van der Waals surface area (Å²) in [5, 5.41) is 7.60. The Hall–Kier alpha value is -3.04. The lowest BCUT2D eigenvalue weighted by molar-refractivity contribution is -0.192. The number of halogens is 4. The van der Waals surface area contributed by atoms with Gasteiger partial charge in [-0.2, -0.15) is 18.3 Å². The second kappa shape index (κ2) is 14.2. The Bertz CT molecular complexity index is 1420. The van der Waals surface area contributed by atoms with Crippen LogP contribution < -0.4 is 10.1 Å². The highest BCUT2D eigenvalue weighted by Gasteiger charge is 2.48. The van der Waals surface area contributed by atoms with Gasteiger partial charge in [0.1, 0.15) is 12.8 Å². The van der Waals surface area contributed by atoms with Crippen LogP contribution in [0.15, 0.2) is 18.3 Å². The third-order valence-electron chi connectivity index (χ3n) is 9.68. The van der Waals surface area contributed by atoms with E-state index in [1.807, 2.05) is 4.90 Å². The van der Waals surface area contributed by atoms with Crippen LogP contribution >= 0.6 is 0 Å². The van der Waals surface area contributed by atoms with Gasteiger partial charge in [-0.1, -0.05) is 26.6 Å². The van der Waals surface area contributed by atoms with Gasteiger partial charge in [-0.15, -0.1) is 0 Å². The highest BCUT2D eigenvalue weighted by Crippen LogP contribution is 2.40. The number of hydrogen-bond acceptors (Lipinski definition) is 7. The molecule has 5 heterocycles. The first-order chi connectivity index (χ1) is 22.2. The van der Waals surface area contributed by atoms with Gasteiger partial charge in [-0.3, -0.25) is 14.5 Å². The van der Waals surface area contributed by atoms with E-state index in [-0.39, 0.29) is 85.7 Å². The molecule has 0 aliphatic carbocycles. The number of fused-ring (bicyclic) bond motifs is 2. The lowest BCUT2D eigenvalue weighted by Crippen LogP contribution is -2.57. The highest BCUT2D eigenvalue weighted by atomic mass is 28.3. The van der Waals surface area contributed by atoms with Crippen molar-refractivity contribution in [1.29, 1.82) is 0 Å². The van der Waals surface area contributed by atoms with E-state index in [9.17, 15) is 22.8 Å². The maximum absolute atomic E-state index is 15.0. The molecule has 2 aromatic heterocycles. The van der Waals surface area contributed by atoms with Crippen LogP contribution in [0.2, 0.25) is 25.7 Å². The quantitative estimate of drug-likeness (QED) is 0.195. The van der Waals surface area contributed by atoms with Crippen LogP contribution in [0.3, 0.4) is 0 Å². The number of likely N-dealkylation sites (N-methyl/N-ethyl adjacent to an activating group) is 1. The molecule has 0 radical (unpaired) electrons. The molecule has 0 spiro atoms. The van der Waals surface area contributed by atoms with E-state index < -0.39 is 26.1 Å². The second-order valence-corrected chi connectivity index (χ2v) is 19.8. The zero-order valence-corrected chi connectivity index (χ0v) is 28.8. The lowest BCUT2D eigenvalue weighted by Gasteiger charge is -2.41. The number of likely N-dealkylation sites (tertiary alicyclic amines) is 1. The number of nitrogens with one attached hydrogen (secondary N) is 1.